The molecule has 0 aromatic heterocycles. The zero-order valence-electron chi connectivity index (χ0n) is 20.2. The van der Waals surface area contributed by atoms with E-state index in [1.54, 1.807) is 12.1 Å². The molecule has 2 bridgehead atoms. The molecule has 3 atom stereocenters. The average molecular weight is 456 g/mol. The van der Waals surface area contributed by atoms with Gasteiger partial charge >= 0.3 is 5.97 Å². The van der Waals surface area contributed by atoms with Crippen molar-refractivity contribution >= 4 is 17.8 Å². The molecular formula is C26H33NO6. The summed E-state index contributed by atoms with van der Waals surface area (Å²) >= 11 is 0. The van der Waals surface area contributed by atoms with Gasteiger partial charge in [-0.15, -0.1) is 0 Å². The monoisotopic (exact) mass is 455 g/mol. The molecule has 1 saturated heterocycles. The summed E-state index contributed by atoms with van der Waals surface area (Å²) in [6, 6.07) is 1.90. The number of aromatic hydroxyl groups is 1. The van der Waals surface area contributed by atoms with Crippen molar-refractivity contribution < 1.29 is 28.9 Å². The van der Waals surface area contributed by atoms with E-state index in [-0.39, 0.29) is 29.9 Å². The smallest absolute Gasteiger partial charge is 0.331 e. The van der Waals surface area contributed by atoms with Crippen LogP contribution < -0.4 is 4.74 Å². The van der Waals surface area contributed by atoms with Crippen LogP contribution in [0.25, 0.3) is 6.08 Å². The molecule has 0 amide bonds. The fourth-order valence-corrected chi connectivity index (χ4v) is 5.77. The van der Waals surface area contributed by atoms with E-state index in [9.17, 15) is 14.7 Å². The number of nitrogens with zero attached hydrogens (tertiary/aromatic N) is 1. The lowest BCUT2D eigenvalue weighted by molar-refractivity contribution is -0.148. The molecule has 7 nitrogen and oxygen atoms in total. The Morgan fingerprint density at radius 2 is 2.00 bits per heavy atom. The molecule has 4 rings (SSSR count). The van der Waals surface area contributed by atoms with Crippen molar-refractivity contribution in [1.29, 1.82) is 0 Å². The number of fused-ring (bicyclic) bond motifs is 1. The maximum atomic E-state index is 13.0. The minimum absolute atomic E-state index is 0.0251. The number of rotatable bonds is 4. The number of esters is 1. The number of ketones is 1. The third-order valence-electron chi connectivity index (χ3n) is 7.17. The van der Waals surface area contributed by atoms with E-state index < -0.39 is 17.0 Å². The van der Waals surface area contributed by atoms with Gasteiger partial charge in [-0.05, 0) is 76.6 Å². The number of allylic oxidation sites excluding steroid dienone is 1. The normalized spacial score (nSPS) is 27.0. The van der Waals surface area contributed by atoms with E-state index in [0.29, 0.717) is 17.9 Å². The Hall–Kier alpha value is -2.80. The molecule has 0 unspecified atom stereocenters. The first-order chi connectivity index (χ1) is 15.5. The first-order valence-electron chi connectivity index (χ1n) is 11.3. The molecule has 1 aromatic rings. The van der Waals surface area contributed by atoms with Crippen LogP contribution in [0, 0.1) is 5.92 Å². The maximum absolute atomic E-state index is 13.0. The first kappa shape index (κ1) is 23.4. The fraction of sp³-hybridized carbons (Fsp3) is 0.538. The van der Waals surface area contributed by atoms with E-state index >= 15 is 0 Å². The molecule has 3 aliphatic rings. The number of hydrogen-bond acceptors (Lipinski definition) is 7. The molecule has 1 fully saturated rings. The number of likely N-dealkylation sites (N-methyl/N-ethyl adjacent to an activating group) is 1. The quantitative estimate of drug-likeness (QED) is 0.550. The van der Waals surface area contributed by atoms with Crippen LogP contribution >= 0.6 is 0 Å². The van der Waals surface area contributed by atoms with E-state index in [0.717, 1.165) is 29.7 Å². The van der Waals surface area contributed by atoms with Gasteiger partial charge in [0.15, 0.2) is 23.0 Å². The summed E-state index contributed by atoms with van der Waals surface area (Å²) in [4.78, 5) is 27.6. The highest BCUT2D eigenvalue weighted by molar-refractivity contribution is 5.96. The van der Waals surface area contributed by atoms with Crippen LogP contribution in [0.4, 0.5) is 0 Å². The minimum atomic E-state index is -0.590. The van der Waals surface area contributed by atoms with Crippen LogP contribution in [0.3, 0.4) is 0 Å². The predicted molar refractivity (Wildman–Crippen MR) is 124 cm³/mol. The summed E-state index contributed by atoms with van der Waals surface area (Å²) in [7, 11) is 5.13. The maximum Gasteiger partial charge on any atom is 0.331 e. The molecule has 1 aliphatic heterocycles. The minimum Gasteiger partial charge on any atom is -0.504 e. The number of methoxy groups -OCH3 is 2. The number of likely N-dealkylation sites (tertiary alicyclic amines) is 1. The SMILES string of the molecule is COC1=C[C@H]2[C@H]3Cc4c(/C=C/C(=O)OC(C)(C)C)cc(OC)c(O)c4[C@@]2(CCN3C)CC1=O. The van der Waals surface area contributed by atoms with Gasteiger partial charge in [0.1, 0.15) is 5.60 Å². The number of hydrogen-bond donors (Lipinski definition) is 1. The van der Waals surface area contributed by atoms with Crippen molar-refractivity contribution in [3.63, 3.8) is 0 Å². The van der Waals surface area contributed by atoms with E-state index in [4.69, 9.17) is 14.2 Å². The Bertz CT molecular complexity index is 1050. The van der Waals surface area contributed by atoms with Crippen LogP contribution in [0.2, 0.25) is 0 Å². The van der Waals surface area contributed by atoms with Crippen molar-refractivity contribution in [3.8, 4) is 11.5 Å². The van der Waals surface area contributed by atoms with Gasteiger partial charge in [-0.2, -0.15) is 0 Å². The van der Waals surface area contributed by atoms with Crippen LogP contribution in [0.5, 0.6) is 11.5 Å². The number of benzene rings is 1. The zero-order chi connectivity index (χ0) is 24.1. The van der Waals surface area contributed by atoms with E-state index in [1.807, 2.05) is 26.8 Å². The van der Waals surface area contributed by atoms with Crippen LogP contribution in [-0.2, 0) is 30.9 Å². The summed E-state index contributed by atoms with van der Waals surface area (Å²) in [6.07, 6.45) is 6.76. The Kier molecular flexibility index (Phi) is 5.81. The largest absolute Gasteiger partial charge is 0.504 e. The number of ether oxygens (including phenoxy) is 3. The number of phenolic OH excluding ortho intramolecular Hbond substituents is 1. The van der Waals surface area contributed by atoms with Crippen molar-refractivity contribution in [2.24, 2.45) is 5.92 Å². The van der Waals surface area contributed by atoms with Gasteiger partial charge < -0.3 is 24.2 Å². The lowest BCUT2D eigenvalue weighted by Crippen LogP contribution is -2.60. The molecule has 1 N–H and O–H groups in total. The summed E-state index contributed by atoms with van der Waals surface area (Å²) in [5, 5.41) is 11.3. The lowest BCUT2D eigenvalue weighted by atomic mass is 9.53. The van der Waals surface area contributed by atoms with Gasteiger partial charge in [-0.3, -0.25) is 4.79 Å². The van der Waals surface area contributed by atoms with Gasteiger partial charge in [-0.25, -0.2) is 4.79 Å². The average Bonchev–Trinajstić information content (AvgIpc) is 2.73. The second-order valence-corrected chi connectivity index (χ2v) is 10.3. The number of Topliss-reactive ketones (excluding diaryl/α,β-unsaturated/α-hetero) is 1. The van der Waals surface area contributed by atoms with Crippen LogP contribution in [0.1, 0.15) is 50.3 Å². The van der Waals surface area contributed by atoms with Crippen molar-refractivity contribution in [3.05, 3.63) is 40.7 Å². The summed E-state index contributed by atoms with van der Waals surface area (Å²) < 4.78 is 16.3. The highest BCUT2D eigenvalue weighted by Crippen LogP contribution is 2.58. The van der Waals surface area contributed by atoms with Gasteiger partial charge in [0.2, 0.25) is 0 Å². The number of carbonyl (C=O) groups excluding carboxylic acids is 2. The number of carbonyl (C=O) groups is 2. The molecule has 0 spiro atoms. The molecule has 33 heavy (non-hydrogen) atoms. The molecule has 178 valence electrons. The molecule has 2 aliphatic carbocycles. The second-order valence-electron chi connectivity index (χ2n) is 10.3. The Morgan fingerprint density at radius 1 is 1.27 bits per heavy atom. The predicted octanol–water partition coefficient (Wildman–Crippen LogP) is 3.37. The standard InChI is InChI=1S/C26H33NO6/c1-25(2,3)33-22(29)8-7-15-11-21(32-6)24(30)23-16(15)12-18-17-13-20(31-5)19(28)14-26(17,23)9-10-27(18)4/h7-8,11,13,17-18,30H,9-10,12,14H2,1-6H3/b8-7+/t17-,18+,26-/m0/s1. The van der Waals surface area contributed by atoms with Gasteiger partial charge in [0.25, 0.3) is 0 Å². The molecule has 7 heteroatoms. The fourth-order valence-electron chi connectivity index (χ4n) is 5.77. The lowest BCUT2D eigenvalue weighted by Gasteiger charge is -2.56. The van der Waals surface area contributed by atoms with E-state index in [2.05, 4.69) is 11.9 Å². The number of phenols is 1. The topological polar surface area (TPSA) is 85.3 Å². The van der Waals surface area contributed by atoms with Crippen LogP contribution in [-0.4, -0.2) is 61.2 Å². The summed E-state index contributed by atoms with van der Waals surface area (Å²) in [5.74, 6) is 0.337. The van der Waals surface area contributed by atoms with Gasteiger partial charge in [0.05, 0.1) is 14.2 Å². The highest BCUT2D eigenvalue weighted by atomic mass is 16.6. The zero-order valence-corrected chi connectivity index (χ0v) is 20.2. The van der Waals surface area contributed by atoms with Gasteiger partial charge in [0, 0.05) is 35.4 Å². The molecule has 0 radical (unpaired) electrons. The molecule has 0 saturated carbocycles. The van der Waals surface area contributed by atoms with Crippen molar-refractivity contribution in [2.45, 2.75) is 57.1 Å². The molecule has 1 heterocycles. The Labute approximate surface area is 195 Å². The summed E-state index contributed by atoms with van der Waals surface area (Å²) in [5.41, 5.74) is 1.37. The van der Waals surface area contributed by atoms with Crippen LogP contribution in [0.15, 0.2) is 24.0 Å². The van der Waals surface area contributed by atoms with E-state index in [1.165, 1.54) is 20.3 Å². The third kappa shape index (κ3) is 3.92. The highest BCUT2D eigenvalue weighted by Gasteiger charge is 2.57. The first-order valence-corrected chi connectivity index (χ1v) is 11.3. The molecule has 1 aromatic carbocycles. The third-order valence-corrected chi connectivity index (χ3v) is 7.17. The second kappa shape index (κ2) is 8.20. The van der Waals surface area contributed by atoms with Gasteiger partial charge in [-0.1, -0.05) is 0 Å². The summed E-state index contributed by atoms with van der Waals surface area (Å²) in [6.45, 7) is 6.29. The van der Waals surface area contributed by atoms with Crippen molar-refractivity contribution in [1.82, 2.24) is 4.90 Å². The van der Waals surface area contributed by atoms with Crippen molar-refractivity contribution in [2.75, 3.05) is 27.8 Å². The molecular weight excluding hydrogens is 422 g/mol. The Balaban J connectivity index is 1.89. The number of piperidine rings is 1. The Morgan fingerprint density at radius 3 is 2.64 bits per heavy atom.